The van der Waals surface area contributed by atoms with E-state index in [9.17, 15) is 14.4 Å². The van der Waals surface area contributed by atoms with E-state index >= 15 is 0 Å². The highest BCUT2D eigenvalue weighted by Gasteiger charge is 2.66. The van der Waals surface area contributed by atoms with Crippen molar-refractivity contribution < 1.29 is 28.6 Å². The summed E-state index contributed by atoms with van der Waals surface area (Å²) < 4.78 is 16.2. The number of ether oxygens (including phenoxy) is 3. The zero-order chi connectivity index (χ0) is 19.9. The van der Waals surface area contributed by atoms with Crippen molar-refractivity contribution in [2.24, 2.45) is 0 Å². The Morgan fingerprint density at radius 2 is 1.86 bits per heavy atom. The number of rotatable bonds is 4. The van der Waals surface area contributed by atoms with Gasteiger partial charge in [0.1, 0.15) is 11.5 Å². The van der Waals surface area contributed by atoms with Crippen LogP contribution >= 0.6 is 11.6 Å². The van der Waals surface area contributed by atoms with Crippen LogP contribution in [0.2, 0.25) is 5.02 Å². The smallest absolute Gasteiger partial charge is 0.333 e. The number of halogens is 1. The van der Waals surface area contributed by atoms with Crippen molar-refractivity contribution in [1.29, 1.82) is 0 Å². The van der Waals surface area contributed by atoms with Crippen LogP contribution < -0.4 is 14.4 Å². The van der Waals surface area contributed by atoms with E-state index in [1.54, 1.807) is 48.5 Å². The summed E-state index contributed by atoms with van der Waals surface area (Å²) in [5.41, 5.74) is -0.949. The molecule has 2 heterocycles. The molecule has 2 aromatic carbocycles. The summed E-state index contributed by atoms with van der Waals surface area (Å²) in [5, 5.41) is 0.336. The molecule has 0 radical (unpaired) electrons. The predicted molar refractivity (Wildman–Crippen MR) is 99.1 cm³/mol. The standard InChI is InChI=1S/C20H14ClNO6/c1-12(23)26-14-8-6-13(7-9-14)22-19(25)18(20(22)11-10-17(24)28-20)27-16-5-3-2-4-15(16)21/h2-11,18H,1H3/t18-,20+/m0/s1. The van der Waals surface area contributed by atoms with Gasteiger partial charge in [-0.25, -0.2) is 4.79 Å². The maximum absolute atomic E-state index is 12.9. The molecule has 8 heteroatoms. The molecule has 0 bridgehead atoms. The van der Waals surface area contributed by atoms with Gasteiger partial charge in [0.25, 0.3) is 11.6 Å². The van der Waals surface area contributed by atoms with Crippen molar-refractivity contribution in [1.82, 2.24) is 0 Å². The van der Waals surface area contributed by atoms with Crippen LogP contribution in [-0.4, -0.2) is 29.7 Å². The molecule has 4 rings (SSSR count). The lowest BCUT2D eigenvalue weighted by molar-refractivity contribution is -0.174. The van der Waals surface area contributed by atoms with E-state index in [1.165, 1.54) is 24.0 Å². The Balaban J connectivity index is 1.64. The molecular weight excluding hydrogens is 386 g/mol. The average molecular weight is 400 g/mol. The molecule has 7 nitrogen and oxygen atoms in total. The summed E-state index contributed by atoms with van der Waals surface area (Å²) in [6, 6.07) is 13.0. The van der Waals surface area contributed by atoms with Crippen LogP contribution in [0.4, 0.5) is 5.69 Å². The van der Waals surface area contributed by atoms with Gasteiger partial charge in [0.15, 0.2) is 0 Å². The Kier molecular flexibility index (Phi) is 4.31. The van der Waals surface area contributed by atoms with Gasteiger partial charge in [0.2, 0.25) is 6.10 Å². The van der Waals surface area contributed by atoms with Crippen LogP contribution in [0.3, 0.4) is 0 Å². The van der Waals surface area contributed by atoms with Crippen molar-refractivity contribution in [3.8, 4) is 11.5 Å². The third-order valence-electron chi connectivity index (χ3n) is 4.33. The summed E-state index contributed by atoms with van der Waals surface area (Å²) in [4.78, 5) is 37.0. The molecule has 1 amide bonds. The number of nitrogens with zero attached hydrogens (tertiary/aromatic N) is 1. The topological polar surface area (TPSA) is 82.1 Å². The second kappa shape index (κ2) is 6.69. The molecule has 2 atom stereocenters. The molecule has 0 unspecified atom stereocenters. The Labute approximate surface area is 165 Å². The fourth-order valence-electron chi connectivity index (χ4n) is 3.16. The van der Waals surface area contributed by atoms with Gasteiger partial charge < -0.3 is 14.2 Å². The number of hydrogen-bond acceptors (Lipinski definition) is 6. The number of anilines is 1. The number of esters is 2. The fourth-order valence-corrected chi connectivity index (χ4v) is 3.34. The summed E-state index contributed by atoms with van der Waals surface area (Å²) >= 11 is 6.12. The molecule has 1 fully saturated rings. The Morgan fingerprint density at radius 3 is 2.46 bits per heavy atom. The highest BCUT2D eigenvalue weighted by atomic mass is 35.5. The van der Waals surface area contributed by atoms with Crippen LogP contribution in [0.25, 0.3) is 0 Å². The van der Waals surface area contributed by atoms with E-state index in [4.69, 9.17) is 25.8 Å². The van der Waals surface area contributed by atoms with Gasteiger partial charge in [-0.15, -0.1) is 0 Å². The molecule has 1 saturated heterocycles. The third kappa shape index (κ3) is 2.90. The third-order valence-corrected chi connectivity index (χ3v) is 4.64. The molecule has 1 spiro atoms. The van der Waals surface area contributed by atoms with Crippen LogP contribution in [0.1, 0.15) is 6.92 Å². The first-order valence-corrected chi connectivity index (χ1v) is 8.74. The molecule has 2 aromatic rings. The number of hydrogen-bond donors (Lipinski definition) is 0. The maximum atomic E-state index is 12.9. The van der Waals surface area contributed by atoms with Crippen LogP contribution in [-0.2, 0) is 19.1 Å². The van der Waals surface area contributed by atoms with Crippen LogP contribution in [0.5, 0.6) is 11.5 Å². The molecular formula is C20H14ClNO6. The average Bonchev–Trinajstić information content (AvgIpc) is 3.06. The van der Waals surface area contributed by atoms with Gasteiger partial charge in [-0.1, -0.05) is 23.7 Å². The predicted octanol–water partition coefficient (Wildman–Crippen LogP) is 2.87. The van der Waals surface area contributed by atoms with Gasteiger partial charge in [-0.2, -0.15) is 0 Å². The lowest BCUT2D eigenvalue weighted by Gasteiger charge is -2.51. The highest BCUT2D eigenvalue weighted by molar-refractivity contribution is 6.32. The summed E-state index contributed by atoms with van der Waals surface area (Å²) in [5.74, 6) is -0.796. The fraction of sp³-hybridized carbons (Fsp3) is 0.150. The second-order valence-corrected chi connectivity index (χ2v) is 6.60. The number of β-lactam (4-membered cyclic amide) rings is 1. The molecule has 28 heavy (non-hydrogen) atoms. The van der Waals surface area contributed by atoms with E-state index in [0.29, 0.717) is 22.2 Å². The second-order valence-electron chi connectivity index (χ2n) is 6.20. The Bertz CT molecular complexity index is 1000. The minimum atomic E-state index is -1.41. The maximum Gasteiger partial charge on any atom is 0.333 e. The molecule has 0 aromatic heterocycles. The van der Waals surface area contributed by atoms with Gasteiger partial charge in [-0.05, 0) is 42.5 Å². The van der Waals surface area contributed by atoms with Crippen molar-refractivity contribution >= 4 is 35.1 Å². The first-order chi connectivity index (χ1) is 13.4. The van der Waals surface area contributed by atoms with E-state index in [2.05, 4.69) is 0 Å². The summed E-state index contributed by atoms with van der Waals surface area (Å²) in [6.07, 6.45) is 1.65. The number of benzene rings is 2. The molecule has 2 aliphatic heterocycles. The molecule has 142 valence electrons. The van der Waals surface area contributed by atoms with E-state index in [0.717, 1.165) is 0 Å². The summed E-state index contributed by atoms with van der Waals surface area (Å²) in [6.45, 7) is 1.29. The van der Waals surface area contributed by atoms with Gasteiger partial charge in [-0.3, -0.25) is 14.5 Å². The zero-order valence-corrected chi connectivity index (χ0v) is 15.4. The van der Waals surface area contributed by atoms with Crippen molar-refractivity contribution in [3.63, 3.8) is 0 Å². The zero-order valence-electron chi connectivity index (χ0n) is 14.6. The van der Waals surface area contributed by atoms with E-state index in [1.807, 2.05) is 0 Å². The normalized spacial score (nSPS) is 22.8. The van der Waals surface area contributed by atoms with E-state index < -0.39 is 29.7 Å². The molecule has 0 saturated carbocycles. The number of carbonyl (C=O) groups is 3. The quantitative estimate of drug-likeness (QED) is 0.446. The minimum Gasteiger partial charge on any atom is -0.472 e. The monoisotopic (exact) mass is 399 g/mol. The van der Waals surface area contributed by atoms with Gasteiger partial charge >= 0.3 is 11.9 Å². The number of amides is 1. The van der Waals surface area contributed by atoms with Crippen LogP contribution in [0, 0.1) is 0 Å². The van der Waals surface area contributed by atoms with Crippen LogP contribution in [0.15, 0.2) is 60.7 Å². The lowest BCUT2D eigenvalue weighted by atomic mass is 9.91. The van der Waals surface area contributed by atoms with E-state index in [-0.39, 0.29) is 0 Å². The number of para-hydroxylation sites is 1. The van der Waals surface area contributed by atoms with Crippen molar-refractivity contribution in [3.05, 3.63) is 65.7 Å². The lowest BCUT2D eigenvalue weighted by Crippen LogP contribution is -2.76. The van der Waals surface area contributed by atoms with Crippen molar-refractivity contribution in [2.75, 3.05) is 4.90 Å². The Morgan fingerprint density at radius 1 is 1.14 bits per heavy atom. The first kappa shape index (κ1) is 18.1. The minimum absolute atomic E-state index is 0.308. The summed E-state index contributed by atoms with van der Waals surface area (Å²) in [7, 11) is 0. The van der Waals surface area contributed by atoms with Gasteiger partial charge in [0.05, 0.1) is 5.02 Å². The van der Waals surface area contributed by atoms with Crippen molar-refractivity contribution in [2.45, 2.75) is 18.8 Å². The first-order valence-electron chi connectivity index (χ1n) is 8.37. The Hall–Kier alpha value is -3.32. The highest BCUT2D eigenvalue weighted by Crippen LogP contribution is 2.44. The van der Waals surface area contributed by atoms with Gasteiger partial charge in [0, 0.05) is 18.7 Å². The SMILES string of the molecule is CC(=O)Oc1ccc(N2C(=O)[C@H](Oc3ccccc3Cl)[C@]23C=CC(=O)O3)cc1. The molecule has 0 N–H and O–H groups in total. The molecule has 2 aliphatic rings. The molecule has 0 aliphatic carbocycles. The number of carbonyl (C=O) groups excluding carboxylic acids is 3. The largest absolute Gasteiger partial charge is 0.472 e.